The van der Waals surface area contributed by atoms with E-state index in [0.29, 0.717) is 13.3 Å². The third-order valence-electron chi connectivity index (χ3n) is 4.32. The minimum Gasteiger partial charge on any atom is -0.454 e. The van der Waals surface area contributed by atoms with Gasteiger partial charge in [-0.3, -0.25) is 4.98 Å². The zero-order valence-electron chi connectivity index (χ0n) is 13.7. The lowest BCUT2D eigenvalue weighted by atomic mass is 10.2. The van der Waals surface area contributed by atoms with Crippen LogP contribution < -0.4 is 19.7 Å². The van der Waals surface area contributed by atoms with Crippen molar-refractivity contribution in [1.82, 2.24) is 20.2 Å². The van der Waals surface area contributed by atoms with Crippen molar-refractivity contribution in [3.63, 3.8) is 0 Å². The van der Waals surface area contributed by atoms with E-state index in [1.807, 2.05) is 18.2 Å². The monoisotopic (exact) mass is 357 g/mol. The first-order chi connectivity index (χ1) is 12.3. The van der Waals surface area contributed by atoms with Crippen molar-refractivity contribution in [3.05, 3.63) is 42.4 Å². The van der Waals surface area contributed by atoms with Crippen molar-refractivity contribution < 1.29 is 9.47 Å². The average molecular weight is 357 g/mol. The highest BCUT2D eigenvalue weighted by molar-refractivity contribution is 7.80. The molecule has 1 saturated heterocycles. The van der Waals surface area contributed by atoms with Crippen LogP contribution in [0, 0.1) is 0 Å². The summed E-state index contributed by atoms with van der Waals surface area (Å²) in [6.07, 6.45) is 5.21. The van der Waals surface area contributed by atoms with E-state index in [1.54, 1.807) is 18.6 Å². The molecule has 2 aliphatic rings. The summed E-state index contributed by atoms with van der Waals surface area (Å²) in [5, 5.41) is 4.10. The number of anilines is 1. The number of nitrogens with one attached hydrogen (secondary N) is 1. The highest BCUT2D eigenvalue weighted by Gasteiger charge is 2.20. The van der Waals surface area contributed by atoms with Gasteiger partial charge in [-0.1, -0.05) is 6.07 Å². The molecular weight excluding hydrogens is 338 g/mol. The zero-order valence-corrected chi connectivity index (χ0v) is 14.5. The topological polar surface area (TPSA) is 62.8 Å². The number of fused-ring (bicyclic) bond motifs is 1. The van der Waals surface area contributed by atoms with E-state index in [0.717, 1.165) is 54.2 Å². The van der Waals surface area contributed by atoms with Crippen LogP contribution in [0.4, 0.5) is 5.82 Å². The molecule has 0 amide bonds. The molecule has 0 spiro atoms. The average Bonchev–Trinajstić information content (AvgIpc) is 3.15. The lowest BCUT2D eigenvalue weighted by Gasteiger charge is -2.36. The van der Waals surface area contributed by atoms with Gasteiger partial charge in [-0.15, -0.1) is 0 Å². The lowest BCUT2D eigenvalue weighted by Crippen LogP contribution is -2.51. The zero-order chi connectivity index (χ0) is 17.1. The fraction of sp³-hybridized carbons (Fsp3) is 0.353. The summed E-state index contributed by atoms with van der Waals surface area (Å²) in [5.74, 6) is 2.51. The third-order valence-corrected chi connectivity index (χ3v) is 4.72. The Kier molecular flexibility index (Phi) is 4.51. The van der Waals surface area contributed by atoms with E-state index >= 15 is 0 Å². The van der Waals surface area contributed by atoms with Gasteiger partial charge in [0, 0.05) is 45.1 Å². The maximum absolute atomic E-state index is 5.54. The summed E-state index contributed by atoms with van der Waals surface area (Å²) in [6.45, 7) is 4.45. The molecule has 25 heavy (non-hydrogen) atoms. The third kappa shape index (κ3) is 3.58. The summed E-state index contributed by atoms with van der Waals surface area (Å²) < 4.78 is 10.7. The molecule has 4 rings (SSSR count). The summed E-state index contributed by atoms with van der Waals surface area (Å²) in [7, 11) is 0. The van der Waals surface area contributed by atoms with Gasteiger partial charge in [-0.05, 0) is 29.9 Å². The molecule has 2 aromatic rings. The Labute approximate surface area is 151 Å². The Morgan fingerprint density at radius 2 is 1.96 bits per heavy atom. The van der Waals surface area contributed by atoms with Gasteiger partial charge in [-0.25, -0.2) is 4.98 Å². The van der Waals surface area contributed by atoms with Crippen molar-refractivity contribution in [3.8, 4) is 11.5 Å². The standard InChI is InChI=1S/C17H19N5O2S/c25-17(20-10-13-1-2-14-15(9-13)24-12-23-14)22-7-5-21(6-8-22)16-11-18-3-4-19-16/h1-4,9,11H,5-8,10,12H2,(H,20,25). The summed E-state index contributed by atoms with van der Waals surface area (Å²) in [5.41, 5.74) is 1.12. The van der Waals surface area contributed by atoms with Gasteiger partial charge in [0.2, 0.25) is 6.79 Å². The number of benzene rings is 1. The smallest absolute Gasteiger partial charge is 0.231 e. The van der Waals surface area contributed by atoms with E-state index in [-0.39, 0.29) is 0 Å². The summed E-state index contributed by atoms with van der Waals surface area (Å²) >= 11 is 5.54. The van der Waals surface area contributed by atoms with Gasteiger partial charge >= 0.3 is 0 Å². The fourth-order valence-corrected chi connectivity index (χ4v) is 3.19. The van der Waals surface area contributed by atoms with Crippen molar-refractivity contribution >= 4 is 23.1 Å². The van der Waals surface area contributed by atoms with Gasteiger partial charge in [-0.2, -0.15) is 0 Å². The van der Waals surface area contributed by atoms with Crippen LogP contribution in [0.15, 0.2) is 36.8 Å². The Morgan fingerprint density at radius 3 is 2.76 bits per heavy atom. The Bertz CT molecular complexity index is 750. The molecule has 7 nitrogen and oxygen atoms in total. The van der Waals surface area contributed by atoms with Crippen LogP contribution in [-0.4, -0.2) is 53.0 Å². The summed E-state index contributed by atoms with van der Waals surface area (Å²) in [6, 6.07) is 5.95. The van der Waals surface area contributed by atoms with Crippen LogP contribution in [0.3, 0.4) is 0 Å². The molecule has 2 aliphatic heterocycles. The van der Waals surface area contributed by atoms with Crippen molar-refractivity contribution in [1.29, 1.82) is 0 Å². The molecule has 1 fully saturated rings. The van der Waals surface area contributed by atoms with Gasteiger partial charge in [0.05, 0.1) is 6.20 Å². The second kappa shape index (κ2) is 7.10. The number of thiocarbonyl (C=S) groups is 1. The number of ether oxygens (including phenoxy) is 2. The second-order valence-corrected chi connectivity index (χ2v) is 6.27. The van der Waals surface area contributed by atoms with Crippen molar-refractivity contribution in [2.75, 3.05) is 37.9 Å². The molecule has 3 heterocycles. The number of hydrogen-bond donors (Lipinski definition) is 1. The van der Waals surface area contributed by atoms with Crippen LogP contribution in [0.5, 0.6) is 11.5 Å². The minimum atomic E-state index is 0.292. The molecule has 0 atom stereocenters. The molecule has 130 valence electrons. The first-order valence-corrected chi connectivity index (χ1v) is 8.63. The van der Waals surface area contributed by atoms with E-state index in [2.05, 4.69) is 25.1 Å². The van der Waals surface area contributed by atoms with Gasteiger partial charge < -0.3 is 24.6 Å². The molecule has 0 radical (unpaired) electrons. The van der Waals surface area contributed by atoms with Gasteiger partial charge in [0.25, 0.3) is 0 Å². The number of nitrogens with zero attached hydrogens (tertiary/aromatic N) is 4. The minimum absolute atomic E-state index is 0.292. The Balaban J connectivity index is 1.28. The number of hydrogen-bond acceptors (Lipinski definition) is 6. The molecule has 0 bridgehead atoms. The maximum Gasteiger partial charge on any atom is 0.231 e. The van der Waals surface area contributed by atoms with Crippen molar-refractivity contribution in [2.45, 2.75) is 6.54 Å². The van der Waals surface area contributed by atoms with Gasteiger partial charge in [0.1, 0.15) is 5.82 Å². The second-order valence-electron chi connectivity index (χ2n) is 5.88. The van der Waals surface area contributed by atoms with Crippen LogP contribution in [0.1, 0.15) is 5.56 Å². The predicted octanol–water partition coefficient (Wildman–Crippen LogP) is 1.40. The Hall–Kier alpha value is -2.61. The molecule has 1 aromatic carbocycles. The summed E-state index contributed by atoms with van der Waals surface area (Å²) in [4.78, 5) is 12.9. The lowest BCUT2D eigenvalue weighted by molar-refractivity contribution is 0.174. The van der Waals surface area contributed by atoms with E-state index < -0.39 is 0 Å². The molecule has 8 heteroatoms. The first-order valence-electron chi connectivity index (χ1n) is 8.22. The largest absolute Gasteiger partial charge is 0.454 e. The number of rotatable bonds is 3. The maximum atomic E-state index is 5.54. The van der Waals surface area contributed by atoms with Crippen molar-refractivity contribution in [2.24, 2.45) is 0 Å². The highest BCUT2D eigenvalue weighted by atomic mass is 32.1. The predicted molar refractivity (Wildman–Crippen MR) is 97.8 cm³/mol. The number of piperazine rings is 1. The van der Waals surface area contributed by atoms with Crippen LogP contribution in [0.2, 0.25) is 0 Å². The first kappa shape index (κ1) is 15.9. The molecule has 0 aliphatic carbocycles. The molecule has 1 aromatic heterocycles. The molecule has 0 saturated carbocycles. The molecule has 1 N–H and O–H groups in total. The fourth-order valence-electron chi connectivity index (χ4n) is 2.93. The van der Waals surface area contributed by atoms with E-state index in [4.69, 9.17) is 21.7 Å². The van der Waals surface area contributed by atoms with E-state index in [9.17, 15) is 0 Å². The van der Waals surface area contributed by atoms with Gasteiger partial charge in [0.15, 0.2) is 16.6 Å². The van der Waals surface area contributed by atoms with Crippen LogP contribution in [-0.2, 0) is 6.54 Å². The highest BCUT2D eigenvalue weighted by Crippen LogP contribution is 2.32. The van der Waals surface area contributed by atoms with E-state index in [1.165, 1.54) is 0 Å². The Morgan fingerprint density at radius 1 is 1.12 bits per heavy atom. The normalized spacial score (nSPS) is 16.0. The molecule has 0 unspecified atom stereocenters. The van der Waals surface area contributed by atoms with Crippen LogP contribution in [0.25, 0.3) is 0 Å². The SMILES string of the molecule is S=C(NCc1ccc2c(c1)OCO2)N1CCN(c2cnccn2)CC1. The van der Waals surface area contributed by atoms with Crippen LogP contribution >= 0.6 is 12.2 Å². The molecular formula is C17H19N5O2S. The number of aromatic nitrogens is 2. The quantitative estimate of drug-likeness (QED) is 0.828.